The number of para-hydroxylation sites is 1. The molecule has 3 aromatic rings. The van der Waals surface area contributed by atoms with E-state index in [4.69, 9.17) is 4.74 Å². The summed E-state index contributed by atoms with van der Waals surface area (Å²) in [5.41, 5.74) is 2.45. The second-order valence-corrected chi connectivity index (χ2v) is 10.3. The summed E-state index contributed by atoms with van der Waals surface area (Å²) in [4.78, 5) is 29.5. The van der Waals surface area contributed by atoms with Gasteiger partial charge in [-0.15, -0.1) is 0 Å². The Balaban J connectivity index is 1.33. The molecule has 1 N–H and O–H groups in total. The Labute approximate surface area is 205 Å². The summed E-state index contributed by atoms with van der Waals surface area (Å²) in [5, 5.41) is 2.85. The monoisotopic (exact) mass is 493 g/mol. The van der Waals surface area contributed by atoms with E-state index in [1.807, 2.05) is 48.5 Å². The van der Waals surface area contributed by atoms with Gasteiger partial charge in [0.15, 0.2) is 6.10 Å². The number of ether oxygens (including phenoxy) is 1. The summed E-state index contributed by atoms with van der Waals surface area (Å²) in [6.07, 6.45) is 2.47. The van der Waals surface area contributed by atoms with Crippen LogP contribution >= 0.6 is 0 Å². The van der Waals surface area contributed by atoms with Crippen molar-refractivity contribution < 1.29 is 22.7 Å². The number of esters is 1. The first-order chi connectivity index (χ1) is 16.9. The summed E-state index contributed by atoms with van der Waals surface area (Å²) in [5.74, 6) is -1.40. The number of hydrogen-bond donors (Lipinski definition) is 1. The smallest absolute Gasteiger partial charge is 0.309 e. The van der Waals surface area contributed by atoms with Crippen LogP contribution in [0.1, 0.15) is 19.8 Å². The van der Waals surface area contributed by atoms with Gasteiger partial charge in [0, 0.05) is 36.7 Å². The maximum absolute atomic E-state index is 12.8. The summed E-state index contributed by atoms with van der Waals surface area (Å²) < 4.78 is 32.3. The molecule has 0 saturated carbocycles. The van der Waals surface area contributed by atoms with Crippen molar-refractivity contribution in [2.45, 2.75) is 30.8 Å². The van der Waals surface area contributed by atoms with Gasteiger partial charge in [0.1, 0.15) is 4.90 Å². The van der Waals surface area contributed by atoms with Gasteiger partial charge >= 0.3 is 5.97 Å². The molecular weight excluding hydrogens is 466 g/mol. The Kier molecular flexibility index (Phi) is 7.57. The number of nitrogens with zero attached hydrogens (tertiary/aromatic N) is 2. The predicted octanol–water partition coefficient (Wildman–Crippen LogP) is 3.72. The van der Waals surface area contributed by atoms with Crippen molar-refractivity contribution >= 4 is 27.6 Å². The fourth-order valence-electron chi connectivity index (χ4n) is 4.00. The average Bonchev–Trinajstić information content (AvgIpc) is 2.90. The number of piperidine rings is 1. The van der Waals surface area contributed by atoms with Crippen molar-refractivity contribution in [1.29, 1.82) is 0 Å². The first-order valence-corrected chi connectivity index (χ1v) is 12.9. The molecule has 1 aliphatic rings. The number of nitrogens with one attached hydrogen (secondary N) is 1. The Morgan fingerprint density at radius 1 is 1.00 bits per heavy atom. The SMILES string of the molecule is CC(OC(=O)C1CCN(S(=O)(=O)c2cccnc2)CC1)C(=O)Nc1ccccc1-c1ccccc1. The molecule has 182 valence electrons. The van der Waals surface area contributed by atoms with Crippen LogP contribution in [0.15, 0.2) is 84.0 Å². The normalized spacial score (nSPS) is 15.8. The minimum absolute atomic E-state index is 0.127. The minimum Gasteiger partial charge on any atom is -0.452 e. The van der Waals surface area contributed by atoms with Crippen molar-refractivity contribution in [3.63, 3.8) is 0 Å². The molecule has 8 nitrogen and oxygen atoms in total. The summed E-state index contributed by atoms with van der Waals surface area (Å²) in [7, 11) is -3.65. The topological polar surface area (TPSA) is 106 Å². The lowest BCUT2D eigenvalue weighted by Crippen LogP contribution is -2.41. The third-order valence-corrected chi connectivity index (χ3v) is 7.87. The Bertz CT molecular complexity index is 1270. The number of pyridine rings is 1. The lowest BCUT2D eigenvalue weighted by atomic mass is 9.98. The van der Waals surface area contributed by atoms with Gasteiger partial charge in [-0.05, 0) is 43.5 Å². The lowest BCUT2D eigenvalue weighted by molar-refractivity contribution is -0.158. The fraction of sp³-hybridized carbons (Fsp3) is 0.269. The van der Waals surface area contributed by atoms with Crippen LogP contribution in [-0.2, 0) is 24.3 Å². The van der Waals surface area contributed by atoms with Gasteiger partial charge < -0.3 is 10.1 Å². The molecule has 1 aliphatic heterocycles. The van der Waals surface area contributed by atoms with Crippen molar-refractivity contribution in [1.82, 2.24) is 9.29 Å². The van der Waals surface area contributed by atoms with E-state index in [0.717, 1.165) is 11.1 Å². The lowest BCUT2D eigenvalue weighted by Gasteiger charge is -2.30. The molecule has 0 bridgehead atoms. The van der Waals surface area contributed by atoms with Gasteiger partial charge in [-0.1, -0.05) is 48.5 Å². The standard InChI is InChI=1S/C26H27N3O5S/c1-19(25(30)28-24-12-6-5-11-23(24)20-8-3-2-4-9-20)34-26(31)21-13-16-29(17-14-21)35(32,33)22-10-7-15-27-18-22/h2-12,15,18-19,21H,13-14,16-17H2,1H3,(H,28,30). The highest BCUT2D eigenvalue weighted by Gasteiger charge is 2.34. The summed E-state index contributed by atoms with van der Waals surface area (Å²) >= 11 is 0. The Morgan fingerprint density at radius 2 is 1.69 bits per heavy atom. The number of carbonyl (C=O) groups excluding carboxylic acids is 2. The number of rotatable bonds is 7. The zero-order valence-corrected chi connectivity index (χ0v) is 20.1. The maximum atomic E-state index is 12.8. The van der Waals surface area contributed by atoms with E-state index < -0.39 is 33.9 Å². The molecule has 1 amide bonds. The van der Waals surface area contributed by atoms with Gasteiger partial charge in [-0.2, -0.15) is 4.31 Å². The van der Waals surface area contributed by atoms with Crippen LogP contribution in [0.2, 0.25) is 0 Å². The molecule has 1 saturated heterocycles. The van der Waals surface area contributed by atoms with Crippen LogP contribution < -0.4 is 5.32 Å². The second-order valence-electron chi connectivity index (χ2n) is 8.35. The molecule has 0 spiro atoms. The highest BCUT2D eigenvalue weighted by Crippen LogP contribution is 2.28. The van der Waals surface area contributed by atoms with Crippen molar-refractivity contribution in [2.24, 2.45) is 5.92 Å². The summed E-state index contributed by atoms with van der Waals surface area (Å²) in [6.45, 7) is 1.92. The first kappa shape index (κ1) is 24.6. The molecule has 9 heteroatoms. The predicted molar refractivity (Wildman–Crippen MR) is 132 cm³/mol. The third kappa shape index (κ3) is 5.75. The van der Waals surface area contributed by atoms with Gasteiger partial charge in [-0.3, -0.25) is 14.6 Å². The number of sulfonamides is 1. The van der Waals surface area contributed by atoms with Crippen LogP contribution in [0.3, 0.4) is 0 Å². The van der Waals surface area contributed by atoms with Crippen LogP contribution in [0.25, 0.3) is 11.1 Å². The molecule has 1 atom stereocenters. The van der Waals surface area contributed by atoms with Crippen LogP contribution in [0, 0.1) is 5.92 Å². The van der Waals surface area contributed by atoms with Gasteiger partial charge in [0.2, 0.25) is 10.0 Å². The molecule has 2 aromatic carbocycles. The summed E-state index contributed by atoms with van der Waals surface area (Å²) in [6, 6.07) is 20.2. The zero-order chi connectivity index (χ0) is 24.8. The quantitative estimate of drug-likeness (QED) is 0.503. The van der Waals surface area contributed by atoms with E-state index in [9.17, 15) is 18.0 Å². The first-order valence-electron chi connectivity index (χ1n) is 11.4. The van der Waals surface area contributed by atoms with E-state index in [1.54, 1.807) is 12.1 Å². The maximum Gasteiger partial charge on any atom is 0.309 e. The van der Waals surface area contributed by atoms with E-state index >= 15 is 0 Å². The largest absolute Gasteiger partial charge is 0.452 e. The molecule has 1 unspecified atom stereocenters. The van der Waals surface area contributed by atoms with Gasteiger partial charge in [-0.25, -0.2) is 8.42 Å². The zero-order valence-electron chi connectivity index (χ0n) is 19.3. The number of carbonyl (C=O) groups is 2. The third-order valence-electron chi connectivity index (χ3n) is 5.99. The number of aromatic nitrogens is 1. The Hall–Kier alpha value is -3.56. The van der Waals surface area contributed by atoms with E-state index in [-0.39, 0.29) is 18.0 Å². The molecule has 2 heterocycles. The van der Waals surface area contributed by atoms with Gasteiger partial charge in [0.25, 0.3) is 5.91 Å². The molecule has 1 aromatic heterocycles. The molecule has 0 aliphatic carbocycles. The van der Waals surface area contributed by atoms with E-state index in [0.29, 0.717) is 18.5 Å². The van der Waals surface area contributed by atoms with Crippen LogP contribution in [0.4, 0.5) is 5.69 Å². The Morgan fingerprint density at radius 3 is 2.37 bits per heavy atom. The average molecular weight is 494 g/mol. The molecule has 4 rings (SSSR count). The molecule has 35 heavy (non-hydrogen) atoms. The second kappa shape index (κ2) is 10.8. The van der Waals surface area contributed by atoms with Crippen LogP contribution in [0.5, 0.6) is 0 Å². The van der Waals surface area contributed by atoms with Crippen LogP contribution in [-0.4, -0.2) is 48.8 Å². The van der Waals surface area contributed by atoms with E-state index in [2.05, 4.69) is 10.3 Å². The number of anilines is 1. The molecular formula is C26H27N3O5S. The van der Waals surface area contributed by atoms with Crippen molar-refractivity contribution in [3.8, 4) is 11.1 Å². The number of hydrogen-bond acceptors (Lipinski definition) is 6. The fourth-order valence-corrected chi connectivity index (χ4v) is 5.43. The van der Waals surface area contributed by atoms with E-state index in [1.165, 1.54) is 29.7 Å². The number of benzene rings is 2. The highest BCUT2D eigenvalue weighted by molar-refractivity contribution is 7.89. The number of amides is 1. The van der Waals surface area contributed by atoms with Gasteiger partial charge in [0.05, 0.1) is 5.92 Å². The molecule has 0 radical (unpaired) electrons. The van der Waals surface area contributed by atoms with Crippen molar-refractivity contribution in [2.75, 3.05) is 18.4 Å². The highest BCUT2D eigenvalue weighted by atomic mass is 32.2. The molecule has 1 fully saturated rings. The van der Waals surface area contributed by atoms with Crippen molar-refractivity contribution in [3.05, 3.63) is 79.1 Å². The minimum atomic E-state index is -3.65.